The van der Waals surface area contributed by atoms with Crippen molar-refractivity contribution >= 4 is 17.4 Å². The molecule has 0 saturated carbocycles. The zero-order chi connectivity index (χ0) is 30.1. The maximum absolute atomic E-state index is 15.3. The summed E-state index contributed by atoms with van der Waals surface area (Å²) in [6.07, 6.45) is 0.0142. The third kappa shape index (κ3) is 5.52. The van der Waals surface area contributed by atoms with Crippen LogP contribution in [0.15, 0.2) is 59.4 Å². The topological polar surface area (TPSA) is 111 Å². The number of pyridine rings is 1. The lowest BCUT2D eigenvalue weighted by atomic mass is 10.1. The van der Waals surface area contributed by atoms with Gasteiger partial charge in [0.1, 0.15) is 40.3 Å². The number of methoxy groups -OCH3 is 1. The van der Waals surface area contributed by atoms with E-state index in [1.807, 2.05) is 4.90 Å². The van der Waals surface area contributed by atoms with Gasteiger partial charge in [0, 0.05) is 37.8 Å². The number of β-amino-alcohol motifs (C(OH)–C–C–N with tert-alkyl or cyclic N) is 1. The van der Waals surface area contributed by atoms with Gasteiger partial charge in [-0.15, -0.1) is 0 Å². The van der Waals surface area contributed by atoms with Crippen LogP contribution in [0.4, 0.5) is 29.1 Å². The summed E-state index contributed by atoms with van der Waals surface area (Å²) < 4.78 is 67.1. The van der Waals surface area contributed by atoms with Crippen LogP contribution >= 0.6 is 0 Å². The molecule has 10 nitrogen and oxygen atoms in total. The zero-order valence-electron chi connectivity index (χ0n) is 22.4. The average molecular weight is 588 g/mol. The highest BCUT2D eigenvalue weighted by Gasteiger charge is 2.29. The van der Waals surface area contributed by atoms with Gasteiger partial charge in [-0.25, -0.2) is 13.8 Å². The predicted molar refractivity (Wildman–Crippen MR) is 145 cm³/mol. The molecule has 0 unspecified atom stereocenters. The van der Waals surface area contributed by atoms with E-state index in [0.29, 0.717) is 25.3 Å². The first-order valence-corrected chi connectivity index (χ1v) is 12.7. The third-order valence-corrected chi connectivity index (χ3v) is 6.76. The van der Waals surface area contributed by atoms with Crippen LogP contribution < -0.4 is 25.2 Å². The molecule has 0 aliphatic carbocycles. The lowest BCUT2D eigenvalue weighted by molar-refractivity contribution is -0.0498. The van der Waals surface area contributed by atoms with Gasteiger partial charge < -0.3 is 24.8 Å². The third-order valence-electron chi connectivity index (χ3n) is 6.76. The largest absolute Gasteiger partial charge is 0.497 e. The van der Waals surface area contributed by atoms with Crippen molar-refractivity contribution in [2.24, 2.45) is 7.05 Å². The van der Waals surface area contributed by atoms with Crippen molar-refractivity contribution in [3.63, 3.8) is 0 Å². The summed E-state index contributed by atoms with van der Waals surface area (Å²) in [5.41, 5.74) is -2.25. The number of benzene rings is 2. The Morgan fingerprint density at radius 2 is 1.74 bits per heavy atom. The number of carbonyl (C=O) groups is 1. The average Bonchev–Trinajstić information content (AvgIpc) is 3.49. The second kappa shape index (κ2) is 11.6. The minimum absolute atomic E-state index is 0.0410. The SMILES string of the molecule is COc1cc(F)c(-c2c(NC(=O)c3ccc(OC(F)F)cc3)c(=O)n(-c3cccc(N4CC[C@H](O)C4)n3)n2C)c(F)c1. The van der Waals surface area contributed by atoms with Crippen LogP contribution in [0.25, 0.3) is 17.1 Å². The first kappa shape index (κ1) is 28.7. The Hall–Kier alpha value is -4.85. The molecule has 220 valence electrons. The van der Waals surface area contributed by atoms with Gasteiger partial charge in [0.15, 0.2) is 5.82 Å². The number of nitrogens with one attached hydrogen (secondary N) is 1. The molecule has 14 heteroatoms. The van der Waals surface area contributed by atoms with Crippen molar-refractivity contribution < 1.29 is 36.9 Å². The maximum atomic E-state index is 15.3. The summed E-state index contributed by atoms with van der Waals surface area (Å²) >= 11 is 0. The normalized spacial score (nSPS) is 14.9. The number of rotatable bonds is 8. The summed E-state index contributed by atoms with van der Waals surface area (Å²) in [5.74, 6) is -2.70. The van der Waals surface area contributed by atoms with E-state index in [0.717, 1.165) is 33.6 Å². The van der Waals surface area contributed by atoms with Crippen LogP contribution in [-0.4, -0.2) is 58.3 Å². The van der Waals surface area contributed by atoms with Gasteiger partial charge in [0.2, 0.25) is 0 Å². The van der Waals surface area contributed by atoms with E-state index >= 15 is 8.78 Å². The number of amides is 1. The molecule has 1 fully saturated rings. The molecular formula is C28H25F4N5O5. The Balaban J connectivity index is 1.62. The molecule has 3 heterocycles. The molecule has 0 bridgehead atoms. The van der Waals surface area contributed by atoms with Crippen molar-refractivity contribution in [2.45, 2.75) is 19.1 Å². The first-order valence-electron chi connectivity index (χ1n) is 12.7. The monoisotopic (exact) mass is 587 g/mol. The number of ether oxygens (including phenoxy) is 2. The van der Waals surface area contributed by atoms with Crippen LogP contribution in [0.1, 0.15) is 16.8 Å². The van der Waals surface area contributed by atoms with Crippen molar-refractivity contribution in [2.75, 3.05) is 30.4 Å². The highest BCUT2D eigenvalue weighted by molar-refractivity contribution is 6.06. The number of halogens is 4. The number of anilines is 2. The van der Waals surface area contributed by atoms with Crippen LogP contribution in [0.2, 0.25) is 0 Å². The number of hydrogen-bond acceptors (Lipinski definition) is 7. The van der Waals surface area contributed by atoms with E-state index in [2.05, 4.69) is 15.0 Å². The molecule has 1 saturated heterocycles. The number of hydrogen-bond donors (Lipinski definition) is 2. The number of carbonyl (C=O) groups excluding carboxylic acids is 1. The van der Waals surface area contributed by atoms with Gasteiger partial charge in [-0.2, -0.15) is 13.5 Å². The number of aliphatic hydroxyl groups is 1. The van der Waals surface area contributed by atoms with Gasteiger partial charge >= 0.3 is 6.61 Å². The number of aromatic nitrogens is 3. The molecular weight excluding hydrogens is 562 g/mol. The highest BCUT2D eigenvalue weighted by atomic mass is 19.3. The summed E-state index contributed by atoms with van der Waals surface area (Å²) in [4.78, 5) is 33.3. The van der Waals surface area contributed by atoms with E-state index in [-0.39, 0.29) is 28.6 Å². The summed E-state index contributed by atoms with van der Waals surface area (Å²) in [6, 6.07) is 11.4. The van der Waals surface area contributed by atoms with Crippen molar-refractivity contribution in [1.29, 1.82) is 0 Å². The summed E-state index contributed by atoms with van der Waals surface area (Å²) in [6.45, 7) is -2.18. The summed E-state index contributed by atoms with van der Waals surface area (Å²) in [7, 11) is 2.61. The molecule has 2 aromatic carbocycles. The fraction of sp³-hybridized carbons (Fsp3) is 0.250. The number of nitrogens with zero attached hydrogens (tertiary/aromatic N) is 4. The molecule has 2 N–H and O–H groups in total. The summed E-state index contributed by atoms with van der Waals surface area (Å²) in [5, 5.41) is 12.4. The Morgan fingerprint density at radius 3 is 2.33 bits per heavy atom. The molecule has 1 amide bonds. The quantitative estimate of drug-likeness (QED) is 0.301. The van der Waals surface area contributed by atoms with E-state index in [4.69, 9.17) is 4.74 Å². The molecule has 5 rings (SSSR count). The van der Waals surface area contributed by atoms with Gasteiger partial charge in [0.25, 0.3) is 11.5 Å². The van der Waals surface area contributed by atoms with Crippen LogP contribution in [-0.2, 0) is 7.05 Å². The van der Waals surface area contributed by atoms with Crippen molar-refractivity contribution in [3.8, 4) is 28.6 Å². The zero-order valence-corrected chi connectivity index (χ0v) is 22.4. The standard InChI is InChI=1S/C28H25F4N5O5/c1-35-25(23-19(29)12-18(41-2)13-20(23)30)24(34-26(39)15-6-8-17(9-7-15)42-28(31)32)27(40)37(35)22-5-3-4-21(33-22)36-11-10-16(38)14-36/h3-9,12-13,16,28,38H,10-11,14H2,1-2H3,(H,34,39)/t16-/m0/s1. The predicted octanol–water partition coefficient (Wildman–Crippen LogP) is 3.95. The lowest BCUT2D eigenvalue weighted by Crippen LogP contribution is -2.26. The van der Waals surface area contributed by atoms with Crippen molar-refractivity contribution in [1.82, 2.24) is 14.3 Å². The van der Waals surface area contributed by atoms with E-state index in [9.17, 15) is 23.5 Å². The molecule has 0 radical (unpaired) electrons. The first-order chi connectivity index (χ1) is 20.1. The highest BCUT2D eigenvalue weighted by Crippen LogP contribution is 2.34. The van der Waals surface area contributed by atoms with E-state index < -0.39 is 47.1 Å². The van der Waals surface area contributed by atoms with Gasteiger partial charge in [-0.1, -0.05) is 6.07 Å². The molecule has 1 aliphatic rings. The second-order valence-corrected chi connectivity index (χ2v) is 9.43. The Labute approximate surface area is 236 Å². The molecule has 1 aliphatic heterocycles. The fourth-order valence-corrected chi connectivity index (χ4v) is 4.79. The maximum Gasteiger partial charge on any atom is 0.387 e. The van der Waals surface area contributed by atoms with Crippen molar-refractivity contribution in [3.05, 3.63) is 82.1 Å². The minimum atomic E-state index is -3.06. The lowest BCUT2D eigenvalue weighted by Gasteiger charge is -2.18. The number of alkyl halides is 2. The Kier molecular flexibility index (Phi) is 7.89. The fourth-order valence-electron chi connectivity index (χ4n) is 4.79. The molecule has 1 atom stereocenters. The van der Waals surface area contributed by atoms with Gasteiger partial charge in [0.05, 0.1) is 18.8 Å². The molecule has 4 aromatic rings. The van der Waals surface area contributed by atoms with Crippen LogP contribution in [0.3, 0.4) is 0 Å². The number of aliphatic hydroxyl groups excluding tert-OH is 1. The Morgan fingerprint density at radius 1 is 1.07 bits per heavy atom. The minimum Gasteiger partial charge on any atom is -0.497 e. The van der Waals surface area contributed by atoms with Crippen LogP contribution in [0.5, 0.6) is 11.5 Å². The van der Waals surface area contributed by atoms with Crippen LogP contribution in [0, 0.1) is 11.6 Å². The van der Waals surface area contributed by atoms with E-state index in [1.165, 1.54) is 32.4 Å². The van der Waals surface area contributed by atoms with E-state index in [1.54, 1.807) is 12.1 Å². The van der Waals surface area contributed by atoms with Gasteiger partial charge in [-0.3, -0.25) is 14.3 Å². The molecule has 42 heavy (non-hydrogen) atoms. The Bertz CT molecular complexity index is 1670. The second-order valence-electron chi connectivity index (χ2n) is 9.43. The molecule has 0 spiro atoms. The molecule has 2 aromatic heterocycles. The van der Waals surface area contributed by atoms with Gasteiger partial charge in [-0.05, 0) is 42.8 Å². The smallest absolute Gasteiger partial charge is 0.387 e.